The van der Waals surface area contributed by atoms with Gasteiger partial charge in [0.1, 0.15) is 0 Å². The van der Waals surface area contributed by atoms with Crippen LogP contribution in [0.15, 0.2) is 24.3 Å². The molecule has 2 N–H and O–H groups in total. The van der Waals surface area contributed by atoms with Crippen molar-refractivity contribution in [3.63, 3.8) is 0 Å². The molecular weight excluding hydrogens is 208 g/mol. The monoisotopic (exact) mass is 234 g/mol. The minimum absolute atomic E-state index is 0.725. The standard InChI is InChI=1S/C15H26N2/c1-4-14(5-2)17(3)12-8-10-13-9-6-7-11-15(13)16/h6-7,9,11,14H,4-5,8,10,12,16H2,1-3H3. The summed E-state index contributed by atoms with van der Waals surface area (Å²) in [5, 5.41) is 0. The summed E-state index contributed by atoms with van der Waals surface area (Å²) in [5.74, 6) is 0. The molecule has 0 unspecified atom stereocenters. The quantitative estimate of drug-likeness (QED) is 0.733. The Morgan fingerprint density at radius 3 is 2.41 bits per heavy atom. The van der Waals surface area contributed by atoms with Crippen molar-refractivity contribution < 1.29 is 0 Å². The maximum Gasteiger partial charge on any atom is 0.0346 e. The molecule has 0 amide bonds. The first-order chi connectivity index (χ1) is 8.19. The summed E-state index contributed by atoms with van der Waals surface area (Å²) in [4.78, 5) is 2.47. The van der Waals surface area contributed by atoms with E-state index >= 15 is 0 Å². The summed E-state index contributed by atoms with van der Waals surface area (Å²) in [6.45, 7) is 5.68. The van der Waals surface area contributed by atoms with Gasteiger partial charge < -0.3 is 10.6 Å². The number of nitrogens with two attached hydrogens (primary N) is 1. The third kappa shape index (κ3) is 4.39. The Labute approximate surface area is 106 Å². The molecule has 96 valence electrons. The average Bonchev–Trinajstić information content (AvgIpc) is 2.33. The molecule has 0 saturated carbocycles. The molecule has 0 radical (unpaired) electrons. The molecule has 1 rings (SSSR count). The van der Waals surface area contributed by atoms with Crippen molar-refractivity contribution in [3.8, 4) is 0 Å². The largest absolute Gasteiger partial charge is 0.399 e. The molecule has 0 bridgehead atoms. The molecule has 0 saturated heterocycles. The molecule has 2 nitrogen and oxygen atoms in total. The van der Waals surface area contributed by atoms with Gasteiger partial charge >= 0.3 is 0 Å². The molecule has 0 atom stereocenters. The van der Waals surface area contributed by atoms with Crippen LogP contribution in [-0.4, -0.2) is 24.5 Å². The topological polar surface area (TPSA) is 29.3 Å². The fourth-order valence-electron chi connectivity index (χ4n) is 2.38. The summed E-state index contributed by atoms with van der Waals surface area (Å²) in [5.41, 5.74) is 8.15. The van der Waals surface area contributed by atoms with Crippen molar-refractivity contribution >= 4 is 5.69 Å². The summed E-state index contributed by atoms with van der Waals surface area (Å²) in [6, 6.07) is 8.90. The van der Waals surface area contributed by atoms with E-state index in [1.54, 1.807) is 0 Å². The molecule has 1 aromatic carbocycles. The highest BCUT2D eigenvalue weighted by Crippen LogP contribution is 2.14. The van der Waals surface area contributed by atoms with Gasteiger partial charge in [0.2, 0.25) is 0 Å². The molecule has 0 spiro atoms. The van der Waals surface area contributed by atoms with Crippen molar-refractivity contribution in [1.82, 2.24) is 4.90 Å². The number of benzene rings is 1. The predicted octanol–water partition coefficient (Wildman–Crippen LogP) is 3.32. The van der Waals surface area contributed by atoms with E-state index in [0.29, 0.717) is 0 Å². The van der Waals surface area contributed by atoms with E-state index in [4.69, 9.17) is 5.73 Å². The minimum Gasteiger partial charge on any atom is -0.399 e. The van der Waals surface area contributed by atoms with Crippen LogP contribution in [0.1, 0.15) is 38.7 Å². The van der Waals surface area contributed by atoms with E-state index in [1.807, 2.05) is 12.1 Å². The van der Waals surface area contributed by atoms with Gasteiger partial charge in [-0.3, -0.25) is 0 Å². The van der Waals surface area contributed by atoms with Gasteiger partial charge in [-0.15, -0.1) is 0 Å². The van der Waals surface area contributed by atoms with Crippen LogP contribution >= 0.6 is 0 Å². The summed E-state index contributed by atoms with van der Waals surface area (Å²) in [7, 11) is 2.23. The fraction of sp³-hybridized carbons (Fsp3) is 0.600. The lowest BCUT2D eigenvalue weighted by molar-refractivity contribution is 0.227. The van der Waals surface area contributed by atoms with Crippen molar-refractivity contribution in [3.05, 3.63) is 29.8 Å². The zero-order valence-corrected chi connectivity index (χ0v) is 11.4. The fourth-order valence-corrected chi connectivity index (χ4v) is 2.38. The van der Waals surface area contributed by atoms with E-state index in [9.17, 15) is 0 Å². The van der Waals surface area contributed by atoms with Crippen molar-refractivity contribution in [2.45, 2.75) is 45.6 Å². The number of hydrogen-bond acceptors (Lipinski definition) is 2. The van der Waals surface area contributed by atoms with Crippen LogP contribution in [-0.2, 0) is 6.42 Å². The van der Waals surface area contributed by atoms with Gasteiger partial charge in [-0.25, -0.2) is 0 Å². The van der Waals surface area contributed by atoms with Gasteiger partial charge in [-0.05, 0) is 50.9 Å². The first-order valence-electron chi connectivity index (χ1n) is 6.72. The lowest BCUT2D eigenvalue weighted by Gasteiger charge is -2.26. The molecule has 2 heteroatoms. The highest BCUT2D eigenvalue weighted by Gasteiger charge is 2.09. The smallest absolute Gasteiger partial charge is 0.0346 e. The van der Waals surface area contributed by atoms with Gasteiger partial charge in [0.25, 0.3) is 0 Å². The lowest BCUT2D eigenvalue weighted by atomic mass is 10.1. The van der Waals surface area contributed by atoms with E-state index in [0.717, 1.165) is 24.7 Å². The molecule has 1 aromatic rings. The van der Waals surface area contributed by atoms with E-state index < -0.39 is 0 Å². The van der Waals surface area contributed by atoms with Gasteiger partial charge in [0, 0.05) is 11.7 Å². The second-order valence-corrected chi connectivity index (χ2v) is 4.75. The number of aryl methyl sites for hydroxylation is 1. The highest BCUT2D eigenvalue weighted by atomic mass is 15.1. The van der Waals surface area contributed by atoms with Crippen LogP contribution in [0.5, 0.6) is 0 Å². The second kappa shape index (κ2) is 7.33. The third-order valence-corrected chi connectivity index (χ3v) is 3.58. The van der Waals surface area contributed by atoms with Crippen LogP contribution in [0, 0.1) is 0 Å². The zero-order chi connectivity index (χ0) is 12.7. The normalized spacial score (nSPS) is 11.4. The minimum atomic E-state index is 0.725. The Balaban J connectivity index is 2.35. The number of hydrogen-bond donors (Lipinski definition) is 1. The first-order valence-corrected chi connectivity index (χ1v) is 6.72. The Bertz CT molecular complexity index is 318. The van der Waals surface area contributed by atoms with Crippen LogP contribution in [0.25, 0.3) is 0 Å². The van der Waals surface area contributed by atoms with Gasteiger partial charge in [0.05, 0.1) is 0 Å². The van der Waals surface area contributed by atoms with Crippen LogP contribution in [0.2, 0.25) is 0 Å². The number of para-hydroxylation sites is 1. The van der Waals surface area contributed by atoms with Gasteiger partial charge in [-0.1, -0.05) is 32.0 Å². The zero-order valence-electron chi connectivity index (χ0n) is 11.4. The Hall–Kier alpha value is -1.02. The lowest BCUT2D eigenvalue weighted by Crippen LogP contribution is -2.31. The van der Waals surface area contributed by atoms with E-state index in [2.05, 4.69) is 37.9 Å². The van der Waals surface area contributed by atoms with Gasteiger partial charge in [0.15, 0.2) is 0 Å². The van der Waals surface area contributed by atoms with E-state index in [1.165, 1.54) is 24.8 Å². The van der Waals surface area contributed by atoms with Crippen molar-refractivity contribution in [2.24, 2.45) is 0 Å². The Kier molecular flexibility index (Phi) is 6.06. The number of rotatable bonds is 7. The SMILES string of the molecule is CCC(CC)N(C)CCCc1ccccc1N. The average molecular weight is 234 g/mol. The third-order valence-electron chi connectivity index (χ3n) is 3.58. The van der Waals surface area contributed by atoms with Crippen molar-refractivity contribution in [2.75, 3.05) is 19.3 Å². The highest BCUT2D eigenvalue weighted by molar-refractivity contribution is 5.46. The molecule has 17 heavy (non-hydrogen) atoms. The molecule has 0 fully saturated rings. The predicted molar refractivity (Wildman–Crippen MR) is 76.2 cm³/mol. The van der Waals surface area contributed by atoms with Crippen molar-refractivity contribution in [1.29, 1.82) is 0 Å². The molecule has 0 aliphatic carbocycles. The second-order valence-electron chi connectivity index (χ2n) is 4.75. The maximum absolute atomic E-state index is 5.94. The molecule has 0 aliphatic heterocycles. The van der Waals surface area contributed by atoms with Gasteiger partial charge in [-0.2, -0.15) is 0 Å². The Morgan fingerprint density at radius 1 is 1.18 bits per heavy atom. The van der Waals surface area contributed by atoms with Crippen LogP contribution in [0.4, 0.5) is 5.69 Å². The molecular formula is C15H26N2. The summed E-state index contributed by atoms with van der Waals surface area (Å²) < 4.78 is 0. The molecule has 0 aliphatic rings. The number of nitrogens with zero attached hydrogens (tertiary/aromatic N) is 1. The molecule has 0 aromatic heterocycles. The Morgan fingerprint density at radius 2 is 1.82 bits per heavy atom. The summed E-state index contributed by atoms with van der Waals surface area (Å²) >= 11 is 0. The van der Waals surface area contributed by atoms with E-state index in [-0.39, 0.29) is 0 Å². The number of anilines is 1. The summed E-state index contributed by atoms with van der Waals surface area (Å²) in [6.07, 6.45) is 4.74. The first kappa shape index (κ1) is 14.0. The van der Waals surface area contributed by atoms with Crippen LogP contribution < -0.4 is 5.73 Å². The molecule has 0 heterocycles. The van der Waals surface area contributed by atoms with Crippen LogP contribution in [0.3, 0.4) is 0 Å². The maximum atomic E-state index is 5.94. The number of nitrogen functional groups attached to an aromatic ring is 1.